The number of hydrogen-bond acceptors (Lipinski definition) is 4. The topological polar surface area (TPSA) is 53.5 Å². The van der Waals surface area contributed by atoms with Crippen LogP contribution in [0.2, 0.25) is 0 Å². The van der Waals surface area contributed by atoms with Crippen molar-refractivity contribution in [3.63, 3.8) is 0 Å². The van der Waals surface area contributed by atoms with Gasteiger partial charge in [0.2, 0.25) is 0 Å². The molecule has 0 saturated heterocycles. The minimum atomic E-state index is -0.303. The van der Waals surface area contributed by atoms with Crippen LogP contribution in [0.5, 0.6) is 0 Å². The molecule has 0 aromatic rings. The lowest BCUT2D eigenvalue weighted by Crippen LogP contribution is -2.47. The normalized spacial score (nSPS) is 15.4. The Kier molecular flexibility index (Phi) is 8.08. The van der Waals surface area contributed by atoms with Crippen molar-refractivity contribution >= 4 is 0 Å². The molecule has 4 heteroatoms. The summed E-state index contributed by atoms with van der Waals surface area (Å²) in [6, 6.07) is 0. The van der Waals surface area contributed by atoms with Crippen LogP contribution in [0.3, 0.4) is 0 Å². The minimum Gasteiger partial charge on any atom is -0.394 e. The molecule has 3 N–H and O–H groups in total. The van der Waals surface area contributed by atoms with Crippen molar-refractivity contribution in [3.05, 3.63) is 0 Å². The number of nitrogens with one attached hydrogen (secondary N) is 2. The number of unbranched alkanes of at least 4 members (excludes halogenated alkanes) is 1. The van der Waals surface area contributed by atoms with E-state index in [1.165, 1.54) is 0 Å². The molecule has 1 unspecified atom stereocenters. The monoisotopic (exact) mass is 204 g/mol. The number of aliphatic hydroxyl groups is 1. The number of likely N-dealkylation sites (N-methyl/N-ethyl adjacent to an activating group) is 1. The van der Waals surface area contributed by atoms with Crippen molar-refractivity contribution in [1.82, 2.24) is 10.6 Å². The third kappa shape index (κ3) is 6.32. The number of aliphatic hydroxyl groups excluding tert-OH is 1. The minimum absolute atomic E-state index is 0.0972. The van der Waals surface area contributed by atoms with Gasteiger partial charge < -0.3 is 20.5 Å². The quantitative estimate of drug-likeness (QED) is 0.462. The highest BCUT2D eigenvalue weighted by atomic mass is 16.5. The maximum atomic E-state index is 9.07. The van der Waals surface area contributed by atoms with E-state index in [1.54, 1.807) is 0 Å². The molecule has 0 spiro atoms. The molecule has 0 amide bonds. The summed E-state index contributed by atoms with van der Waals surface area (Å²) in [7, 11) is 3.78. The molecule has 0 aromatic heterocycles. The van der Waals surface area contributed by atoms with Crippen molar-refractivity contribution in [2.24, 2.45) is 0 Å². The zero-order chi connectivity index (χ0) is 10.9. The lowest BCUT2D eigenvalue weighted by Gasteiger charge is -2.26. The fourth-order valence-electron chi connectivity index (χ4n) is 1.00. The van der Waals surface area contributed by atoms with Crippen LogP contribution in [0.1, 0.15) is 19.8 Å². The summed E-state index contributed by atoms with van der Waals surface area (Å²) < 4.78 is 5.48. The Morgan fingerprint density at radius 2 is 2.00 bits per heavy atom. The summed E-state index contributed by atoms with van der Waals surface area (Å²) in [5.74, 6) is 0. The predicted molar refractivity (Wildman–Crippen MR) is 58.5 cm³/mol. The van der Waals surface area contributed by atoms with Crippen LogP contribution in [0.4, 0.5) is 0 Å². The molecule has 14 heavy (non-hydrogen) atoms. The Hall–Kier alpha value is -0.160. The molecular formula is C10H24N2O2. The standard InChI is InChI=1S/C10H24N2O2/c1-10(8-13,12-3)9-14-7-5-4-6-11-2/h11-13H,4-9H2,1-3H3. The molecule has 4 nitrogen and oxygen atoms in total. The highest BCUT2D eigenvalue weighted by molar-refractivity contribution is 4.79. The Bertz CT molecular complexity index is 127. The van der Waals surface area contributed by atoms with Crippen LogP contribution in [0.15, 0.2) is 0 Å². The summed E-state index contributed by atoms with van der Waals surface area (Å²) in [4.78, 5) is 0. The van der Waals surface area contributed by atoms with Gasteiger partial charge in [0.1, 0.15) is 0 Å². The molecule has 0 aliphatic rings. The van der Waals surface area contributed by atoms with E-state index in [0.29, 0.717) is 6.61 Å². The van der Waals surface area contributed by atoms with Gasteiger partial charge in [-0.15, -0.1) is 0 Å². The van der Waals surface area contributed by atoms with Gasteiger partial charge in [0, 0.05) is 6.61 Å². The maximum absolute atomic E-state index is 9.07. The molecule has 0 aromatic carbocycles. The second-order valence-corrected chi connectivity index (χ2v) is 3.83. The molecule has 0 aliphatic heterocycles. The Labute approximate surface area is 87.0 Å². The second kappa shape index (κ2) is 8.17. The van der Waals surface area contributed by atoms with Gasteiger partial charge in [0.05, 0.1) is 18.8 Å². The average Bonchev–Trinajstić information content (AvgIpc) is 2.23. The van der Waals surface area contributed by atoms with Crippen molar-refractivity contribution in [2.45, 2.75) is 25.3 Å². The summed E-state index contributed by atoms with van der Waals surface area (Å²) in [6.45, 7) is 4.39. The molecular weight excluding hydrogens is 180 g/mol. The fraction of sp³-hybridized carbons (Fsp3) is 1.00. The molecule has 0 rings (SSSR count). The number of rotatable bonds is 9. The molecule has 1 atom stereocenters. The molecule has 0 saturated carbocycles. The Balaban J connectivity index is 3.34. The summed E-state index contributed by atoms with van der Waals surface area (Å²) in [5, 5.41) is 15.2. The van der Waals surface area contributed by atoms with E-state index in [9.17, 15) is 0 Å². The van der Waals surface area contributed by atoms with E-state index in [4.69, 9.17) is 9.84 Å². The Morgan fingerprint density at radius 3 is 2.50 bits per heavy atom. The molecule has 0 bridgehead atoms. The van der Waals surface area contributed by atoms with Crippen LogP contribution in [-0.4, -0.2) is 51.1 Å². The van der Waals surface area contributed by atoms with Gasteiger partial charge in [-0.1, -0.05) is 0 Å². The molecule has 0 fully saturated rings. The molecule has 0 aliphatic carbocycles. The lowest BCUT2D eigenvalue weighted by molar-refractivity contribution is 0.0467. The summed E-state index contributed by atoms with van der Waals surface area (Å²) in [6.07, 6.45) is 2.19. The van der Waals surface area contributed by atoms with Crippen LogP contribution in [0, 0.1) is 0 Å². The number of ether oxygens (including phenoxy) is 1. The molecule has 86 valence electrons. The summed E-state index contributed by atoms with van der Waals surface area (Å²) in [5.41, 5.74) is -0.303. The lowest BCUT2D eigenvalue weighted by atomic mass is 10.1. The smallest absolute Gasteiger partial charge is 0.0667 e. The van der Waals surface area contributed by atoms with Crippen molar-refractivity contribution < 1.29 is 9.84 Å². The van der Waals surface area contributed by atoms with E-state index in [2.05, 4.69) is 10.6 Å². The Morgan fingerprint density at radius 1 is 1.29 bits per heavy atom. The maximum Gasteiger partial charge on any atom is 0.0667 e. The van der Waals surface area contributed by atoms with E-state index < -0.39 is 0 Å². The molecule has 0 heterocycles. The SMILES string of the molecule is CNCCCCOCC(C)(CO)NC. The third-order valence-electron chi connectivity index (χ3n) is 2.34. The van der Waals surface area contributed by atoms with Crippen LogP contribution in [0.25, 0.3) is 0 Å². The summed E-state index contributed by atoms with van der Waals surface area (Å²) >= 11 is 0. The van der Waals surface area contributed by atoms with Gasteiger partial charge >= 0.3 is 0 Å². The predicted octanol–water partition coefficient (Wildman–Crippen LogP) is -0.0270. The van der Waals surface area contributed by atoms with Gasteiger partial charge in [-0.3, -0.25) is 0 Å². The fourth-order valence-corrected chi connectivity index (χ4v) is 1.00. The van der Waals surface area contributed by atoms with E-state index >= 15 is 0 Å². The zero-order valence-corrected chi connectivity index (χ0v) is 9.60. The van der Waals surface area contributed by atoms with Crippen LogP contribution >= 0.6 is 0 Å². The van der Waals surface area contributed by atoms with Crippen molar-refractivity contribution in [1.29, 1.82) is 0 Å². The van der Waals surface area contributed by atoms with Gasteiger partial charge in [-0.25, -0.2) is 0 Å². The van der Waals surface area contributed by atoms with Gasteiger partial charge in [0.25, 0.3) is 0 Å². The van der Waals surface area contributed by atoms with Gasteiger partial charge in [-0.05, 0) is 40.4 Å². The largest absolute Gasteiger partial charge is 0.394 e. The first-order valence-electron chi connectivity index (χ1n) is 5.20. The first-order valence-corrected chi connectivity index (χ1v) is 5.20. The molecule has 0 radical (unpaired) electrons. The highest BCUT2D eigenvalue weighted by Crippen LogP contribution is 2.02. The number of hydrogen-bond donors (Lipinski definition) is 3. The van der Waals surface area contributed by atoms with Crippen molar-refractivity contribution in [2.75, 3.05) is 40.5 Å². The van der Waals surface area contributed by atoms with Gasteiger partial charge in [0.15, 0.2) is 0 Å². The van der Waals surface area contributed by atoms with E-state index in [0.717, 1.165) is 26.0 Å². The average molecular weight is 204 g/mol. The van der Waals surface area contributed by atoms with Crippen molar-refractivity contribution in [3.8, 4) is 0 Å². The highest BCUT2D eigenvalue weighted by Gasteiger charge is 2.20. The zero-order valence-electron chi connectivity index (χ0n) is 9.60. The van der Waals surface area contributed by atoms with Gasteiger partial charge in [-0.2, -0.15) is 0 Å². The second-order valence-electron chi connectivity index (χ2n) is 3.83. The first-order chi connectivity index (χ1) is 6.68. The third-order valence-corrected chi connectivity index (χ3v) is 2.34. The van der Waals surface area contributed by atoms with Crippen LogP contribution < -0.4 is 10.6 Å². The van der Waals surface area contributed by atoms with E-state index in [-0.39, 0.29) is 12.1 Å². The first kappa shape index (κ1) is 13.8. The van der Waals surface area contributed by atoms with E-state index in [1.807, 2.05) is 21.0 Å². The van der Waals surface area contributed by atoms with Crippen LogP contribution in [-0.2, 0) is 4.74 Å².